The van der Waals surface area contributed by atoms with Gasteiger partial charge >= 0.3 is 0 Å². The first-order valence-corrected chi connectivity index (χ1v) is 7.12. The molecule has 0 aliphatic carbocycles. The van der Waals surface area contributed by atoms with E-state index >= 15 is 0 Å². The first-order chi connectivity index (χ1) is 10.1. The first-order valence-electron chi connectivity index (χ1n) is 7.12. The maximum Gasteiger partial charge on any atom is 0.249 e. The van der Waals surface area contributed by atoms with E-state index in [0.717, 1.165) is 6.42 Å². The van der Waals surface area contributed by atoms with Crippen molar-refractivity contribution in [3.8, 4) is 5.75 Å². The largest absolute Gasteiger partial charge is 0.491 e. The molecule has 6 heteroatoms. The molecule has 1 heterocycles. The average molecular weight is 296 g/mol. The van der Waals surface area contributed by atoms with Crippen LogP contribution in [0.3, 0.4) is 0 Å². The van der Waals surface area contributed by atoms with Crippen LogP contribution in [0, 0.1) is 5.82 Å². The van der Waals surface area contributed by atoms with Gasteiger partial charge in [0.1, 0.15) is 24.3 Å². The van der Waals surface area contributed by atoms with Gasteiger partial charge < -0.3 is 20.5 Å². The van der Waals surface area contributed by atoms with E-state index in [1.807, 2.05) is 6.92 Å². The molecule has 1 fully saturated rings. The smallest absolute Gasteiger partial charge is 0.249 e. The van der Waals surface area contributed by atoms with E-state index in [9.17, 15) is 9.18 Å². The Balaban J connectivity index is 1.74. The normalized spacial score (nSPS) is 22.8. The number of hydrogen-bond donors (Lipinski definition) is 2. The second kappa shape index (κ2) is 7.38. The molecule has 116 valence electrons. The summed E-state index contributed by atoms with van der Waals surface area (Å²) in [5.41, 5.74) is 5.51. The molecule has 1 aromatic rings. The number of nitrogens with one attached hydrogen (secondary N) is 1. The van der Waals surface area contributed by atoms with E-state index < -0.39 is 6.10 Å². The van der Waals surface area contributed by atoms with Gasteiger partial charge in [0.25, 0.3) is 0 Å². The van der Waals surface area contributed by atoms with Crippen molar-refractivity contribution in [3.63, 3.8) is 0 Å². The molecular formula is C15H21FN2O3. The molecule has 0 bridgehead atoms. The van der Waals surface area contributed by atoms with Gasteiger partial charge in [-0.3, -0.25) is 4.79 Å². The van der Waals surface area contributed by atoms with Crippen molar-refractivity contribution in [2.75, 3.05) is 13.2 Å². The van der Waals surface area contributed by atoms with Gasteiger partial charge in [-0.1, -0.05) is 6.07 Å². The number of nitrogens with two attached hydrogens (primary N) is 1. The topological polar surface area (TPSA) is 73.6 Å². The molecule has 1 aromatic carbocycles. The lowest BCUT2D eigenvalue weighted by molar-refractivity contribution is -0.132. The zero-order chi connectivity index (χ0) is 15.2. The predicted molar refractivity (Wildman–Crippen MR) is 76.4 cm³/mol. The van der Waals surface area contributed by atoms with Gasteiger partial charge in [-0.25, -0.2) is 4.39 Å². The number of ether oxygens (including phenoxy) is 2. The summed E-state index contributed by atoms with van der Waals surface area (Å²) in [7, 11) is 0. The highest BCUT2D eigenvalue weighted by molar-refractivity contribution is 5.81. The SMILES string of the molecule is CC(COc1cccc(F)c1)NC(=O)[C@@H]1CC[C@H](CN)O1. The minimum Gasteiger partial charge on any atom is -0.491 e. The fraction of sp³-hybridized carbons (Fsp3) is 0.533. The lowest BCUT2D eigenvalue weighted by atomic mass is 10.2. The van der Waals surface area contributed by atoms with Gasteiger partial charge in [0.05, 0.1) is 12.1 Å². The second-order valence-electron chi connectivity index (χ2n) is 5.24. The van der Waals surface area contributed by atoms with Crippen molar-refractivity contribution in [1.29, 1.82) is 0 Å². The van der Waals surface area contributed by atoms with Gasteiger partial charge in [0.2, 0.25) is 5.91 Å². The molecule has 3 atom stereocenters. The summed E-state index contributed by atoms with van der Waals surface area (Å²) in [5.74, 6) is -0.0610. The van der Waals surface area contributed by atoms with E-state index in [2.05, 4.69) is 5.32 Å². The maximum atomic E-state index is 13.0. The van der Waals surface area contributed by atoms with E-state index in [1.54, 1.807) is 12.1 Å². The Morgan fingerprint density at radius 3 is 3.05 bits per heavy atom. The summed E-state index contributed by atoms with van der Waals surface area (Å²) in [6, 6.07) is 5.71. The Bertz CT molecular complexity index is 484. The van der Waals surface area contributed by atoms with Crippen LogP contribution in [-0.2, 0) is 9.53 Å². The maximum absolute atomic E-state index is 13.0. The van der Waals surface area contributed by atoms with Crippen LogP contribution >= 0.6 is 0 Å². The third-order valence-corrected chi connectivity index (χ3v) is 3.35. The summed E-state index contributed by atoms with van der Waals surface area (Å²) in [6.45, 7) is 2.52. The molecule has 1 aliphatic rings. The zero-order valence-electron chi connectivity index (χ0n) is 12.0. The van der Waals surface area contributed by atoms with Gasteiger partial charge in [-0.2, -0.15) is 0 Å². The third-order valence-electron chi connectivity index (χ3n) is 3.35. The summed E-state index contributed by atoms with van der Waals surface area (Å²) in [5, 5.41) is 2.83. The summed E-state index contributed by atoms with van der Waals surface area (Å²) in [4.78, 5) is 12.0. The quantitative estimate of drug-likeness (QED) is 0.827. The van der Waals surface area contributed by atoms with Gasteiger partial charge in [0.15, 0.2) is 0 Å². The van der Waals surface area contributed by atoms with Crippen molar-refractivity contribution in [3.05, 3.63) is 30.1 Å². The Labute approximate surface area is 123 Å². The summed E-state index contributed by atoms with van der Waals surface area (Å²) >= 11 is 0. The lowest BCUT2D eigenvalue weighted by Crippen LogP contribution is -2.43. The highest BCUT2D eigenvalue weighted by Gasteiger charge is 2.30. The van der Waals surface area contributed by atoms with E-state index in [-0.39, 0.29) is 30.5 Å². The number of rotatable bonds is 6. The lowest BCUT2D eigenvalue weighted by Gasteiger charge is -2.18. The Hall–Kier alpha value is -1.66. The van der Waals surface area contributed by atoms with Crippen LogP contribution in [0.25, 0.3) is 0 Å². The fourth-order valence-electron chi connectivity index (χ4n) is 2.23. The van der Waals surface area contributed by atoms with Crippen molar-refractivity contribution in [2.45, 2.75) is 38.0 Å². The molecule has 1 aliphatic heterocycles. The molecule has 5 nitrogen and oxygen atoms in total. The van der Waals surface area contributed by atoms with Crippen LogP contribution in [0.1, 0.15) is 19.8 Å². The van der Waals surface area contributed by atoms with E-state index in [0.29, 0.717) is 18.7 Å². The molecular weight excluding hydrogens is 275 g/mol. The van der Waals surface area contributed by atoms with Gasteiger partial charge in [0, 0.05) is 12.6 Å². The van der Waals surface area contributed by atoms with Crippen LogP contribution in [0.4, 0.5) is 4.39 Å². The molecule has 1 unspecified atom stereocenters. The molecule has 0 spiro atoms. The first kappa shape index (κ1) is 15.7. The zero-order valence-corrected chi connectivity index (χ0v) is 12.0. The Kier molecular flexibility index (Phi) is 5.52. The van der Waals surface area contributed by atoms with Crippen LogP contribution in [0.5, 0.6) is 5.75 Å². The highest BCUT2D eigenvalue weighted by atomic mass is 19.1. The summed E-state index contributed by atoms with van der Waals surface area (Å²) in [6.07, 6.45) is 1.03. The minimum atomic E-state index is -0.435. The fourth-order valence-corrected chi connectivity index (χ4v) is 2.23. The average Bonchev–Trinajstić information content (AvgIpc) is 2.94. The van der Waals surface area contributed by atoms with Crippen LogP contribution in [0.2, 0.25) is 0 Å². The third kappa shape index (κ3) is 4.68. The van der Waals surface area contributed by atoms with Gasteiger partial charge in [-0.05, 0) is 31.9 Å². The number of carbonyl (C=O) groups is 1. The van der Waals surface area contributed by atoms with Crippen molar-refractivity contribution < 1.29 is 18.7 Å². The Morgan fingerprint density at radius 2 is 2.38 bits per heavy atom. The minimum absolute atomic E-state index is 0.0281. The predicted octanol–water partition coefficient (Wildman–Crippen LogP) is 1.22. The Morgan fingerprint density at radius 1 is 1.57 bits per heavy atom. The second-order valence-corrected chi connectivity index (χ2v) is 5.24. The molecule has 3 N–H and O–H groups in total. The molecule has 0 radical (unpaired) electrons. The summed E-state index contributed by atoms with van der Waals surface area (Å²) < 4.78 is 24.0. The van der Waals surface area contributed by atoms with Crippen molar-refractivity contribution >= 4 is 5.91 Å². The standard InChI is InChI=1S/C15H21FN2O3/c1-10(9-20-12-4-2-3-11(16)7-12)18-15(19)14-6-5-13(8-17)21-14/h2-4,7,10,13-14H,5-6,8-9,17H2,1H3,(H,18,19)/t10?,13-,14+/m1/s1. The number of benzene rings is 1. The van der Waals surface area contributed by atoms with Crippen molar-refractivity contribution in [1.82, 2.24) is 5.32 Å². The number of hydrogen-bond acceptors (Lipinski definition) is 4. The number of amides is 1. The van der Waals surface area contributed by atoms with Crippen LogP contribution in [0.15, 0.2) is 24.3 Å². The van der Waals surface area contributed by atoms with Crippen molar-refractivity contribution in [2.24, 2.45) is 5.73 Å². The number of carbonyl (C=O) groups excluding carboxylic acids is 1. The van der Waals surface area contributed by atoms with E-state index in [4.69, 9.17) is 15.2 Å². The molecule has 0 aromatic heterocycles. The number of halogens is 1. The molecule has 1 saturated heterocycles. The van der Waals surface area contributed by atoms with E-state index in [1.165, 1.54) is 12.1 Å². The monoisotopic (exact) mass is 296 g/mol. The van der Waals surface area contributed by atoms with Gasteiger partial charge in [-0.15, -0.1) is 0 Å². The molecule has 2 rings (SSSR count). The van der Waals surface area contributed by atoms with Crippen LogP contribution < -0.4 is 15.8 Å². The van der Waals surface area contributed by atoms with Crippen LogP contribution in [-0.4, -0.2) is 37.3 Å². The molecule has 1 amide bonds. The molecule has 0 saturated carbocycles. The molecule has 21 heavy (non-hydrogen) atoms. The highest BCUT2D eigenvalue weighted by Crippen LogP contribution is 2.19.